The van der Waals surface area contributed by atoms with Gasteiger partial charge < -0.3 is 10.0 Å². The number of hydrogen-bond donors (Lipinski definition) is 2. The standard InChI is InChI=1S/C15H22N2O5S/c1-4-8-23(21,22)16-13-7-5-6-12(9-13)15(20)17(11(2)3)10-14(18)19/h5-7,9,11,16H,4,8,10H2,1-3H3,(H,18,19). The summed E-state index contributed by atoms with van der Waals surface area (Å²) in [7, 11) is -3.45. The minimum absolute atomic E-state index is 0.0116. The monoisotopic (exact) mass is 342 g/mol. The molecule has 8 heteroatoms. The third-order valence-corrected chi connectivity index (χ3v) is 4.54. The van der Waals surface area contributed by atoms with E-state index in [0.29, 0.717) is 6.42 Å². The lowest BCUT2D eigenvalue weighted by Gasteiger charge is -2.25. The molecule has 1 aromatic carbocycles. The number of carbonyl (C=O) groups is 2. The first-order chi connectivity index (χ1) is 10.7. The fourth-order valence-electron chi connectivity index (χ4n) is 2.02. The van der Waals surface area contributed by atoms with Crippen LogP contribution in [0.25, 0.3) is 0 Å². The summed E-state index contributed by atoms with van der Waals surface area (Å²) in [5.74, 6) is -1.58. The zero-order valence-corrected chi connectivity index (χ0v) is 14.3. The highest BCUT2D eigenvalue weighted by Gasteiger charge is 2.21. The summed E-state index contributed by atoms with van der Waals surface area (Å²) in [4.78, 5) is 24.6. The van der Waals surface area contributed by atoms with Gasteiger partial charge in [0.1, 0.15) is 6.54 Å². The van der Waals surface area contributed by atoms with E-state index in [1.54, 1.807) is 32.9 Å². The normalized spacial score (nSPS) is 11.3. The van der Waals surface area contributed by atoms with Gasteiger partial charge in [0.05, 0.1) is 5.75 Å². The fraction of sp³-hybridized carbons (Fsp3) is 0.467. The van der Waals surface area contributed by atoms with Gasteiger partial charge in [0.2, 0.25) is 10.0 Å². The Kier molecular flexibility index (Phi) is 6.56. The molecule has 0 radical (unpaired) electrons. The van der Waals surface area contributed by atoms with Crippen LogP contribution in [0.4, 0.5) is 5.69 Å². The number of carbonyl (C=O) groups excluding carboxylic acids is 1. The molecule has 0 aromatic heterocycles. The number of carboxylic acids is 1. The maximum absolute atomic E-state index is 12.5. The van der Waals surface area contributed by atoms with Crippen molar-refractivity contribution in [3.05, 3.63) is 29.8 Å². The van der Waals surface area contributed by atoms with E-state index in [0.717, 1.165) is 0 Å². The minimum Gasteiger partial charge on any atom is -0.480 e. The van der Waals surface area contributed by atoms with Gasteiger partial charge in [-0.05, 0) is 38.5 Å². The third-order valence-electron chi connectivity index (χ3n) is 3.05. The van der Waals surface area contributed by atoms with E-state index < -0.39 is 28.4 Å². The molecule has 128 valence electrons. The van der Waals surface area contributed by atoms with Crippen LogP contribution in [0.15, 0.2) is 24.3 Å². The number of hydrogen-bond acceptors (Lipinski definition) is 4. The fourth-order valence-corrected chi connectivity index (χ4v) is 3.14. The molecule has 0 heterocycles. The topological polar surface area (TPSA) is 104 Å². The molecule has 0 saturated heterocycles. The highest BCUT2D eigenvalue weighted by Crippen LogP contribution is 2.16. The number of rotatable bonds is 8. The molecule has 0 aliphatic rings. The maximum Gasteiger partial charge on any atom is 0.323 e. The Hall–Kier alpha value is -2.09. The molecular formula is C15H22N2O5S. The van der Waals surface area contributed by atoms with Crippen LogP contribution in [0.1, 0.15) is 37.6 Å². The van der Waals surface area contributed by atoms with Gasteiger partial charge in [-0.15, -0.1) is 0 Å². The molecule has 1 aromatic rings. The Morgan fingerprint density at radius 1 is 1.30 bits per heavy atom. The van der Waals surface area contributed by atoms with Crippen LogP contribution < -0.4 is 4.72 Å². The second-order valence-corrected chi connectivity index (χ2v) is 7.26. The van der Waals surface area contributed by atoms with Gasteiger partial charge in [0, 0.05) is 17.3 Å². The van der Waals surface area contributed by atoms with E-state index in [4.69, 9.17) is 5.11 Å². The molecule has 2 N–H and O–H groups in total. The van der Waals surface area contributed by atoms with Crippen molar-refractivity contribution in [2.45, 2.75) is 33.2 Å². The highest BCUT2D eigenvalue weighted by atomic mass is 32.2. The quantitative estimate of drug-likeness (QED) is 0.749. The number of amides is 1. The highest BCUT2D eigenvalue weighted by molar-refractivity contribution is 7.92. The summed E-state index contributed by atoms with van der Waals surface area (Å²) < 4.78 is 26.0. The van der Waals surface area contributed by atoms with Gasteiger partial charge in [-0.25, -0.2) is 8.42 Å². The second kappa shape index (κ2) is 7.96. The van der Waals surface area contributed by atoms with Crippen molar-refractivity contribution in [3.63, 3.8) is 0 Å². The van der Waals surface area contributed by atoms with Gasteiger partial charge in [0.15, 0.2) is 0 Å². The van der Waals surface area contributed by atoms with Crippen LogP contribution in [0.3, 0.4) is 0 Å². The number of carboxylic acid groups (broad SMARTS) is 1. The van der Waals surface area contributed by atoms with Crippen molar-refractivity contribution in [3.8, 4) is 0 Å². The van der Waals surface area contributed by atoms with Crippen LogP contribution in [0, 0.1) is 0 Å². The molecule has 1 amide bonds. The van der Waals surface area contributed by atoms with Crippen molar-refractivity contribution in [2.75, 3.05) is 17.0 Å². The lowest BCUT2D eigenvalue weighted by atomic mass is 10.1. The van der Waals surface area contributed by atoms with Crippen molar-refractivity contribution >= 4 is 27.6 Å². The zero-order chi connectivity index (χ0) is 17.6. The molecule has 7 nitrogen and oxygen atoms in total. The first-order valence-electron chi connectivity index (χ1n) is 7.29. The van der Waals surface area contributed by atoms with E-state index in [9.17, 15) is 18.0 Å². The first kappa shape index (κ1) is 19.0. The van der Waals surface area contributed by atoms with Crippen LogP contribution >= 0.6 is 0 Å². The van der Waals surface area contributed by atoms with Gasteiger partial charge in [-0.1, -0.05) is 13.0 Å². The Balaban J connectivity index is 3.02. The summed E-state index contributed by atoms with van der Waals surface area (Å²) in [6, 6.07) is 5.74. The predicted molar refractivity (Wildman–Crippen MR) is 88.0 cm³/mol. The lowest BCUT2D eigenvalue weighted by molar-refractivity contribution is -0.138. The molecule has 23 heavy (non-hydrogen) atoms. The van der Waals surface area contributed by atoms with E-state index in [1.807, 2.05) is 0 Å². The van der Waals surface area contributed by atoms with Gasteiger partial charge in [0.25, 0.3) is 5.91 Å². The van der Waals surface area contributed by atoms with Crippen LogP contribution in [-0.4, -0.2) is 48.6 Å². The smallest absolute Gasteiger partial charge is 0.323 e. The Labute approximate surface area is 136 Å². The molecule has 0 aliphatic carbocycles. The Morgan fingerprint density at radius 2 is 1.96 bits per heavy atom. The molecule has 0 atom stereocenters. The van der Waals surface area contributed by atoms with Gasteiger partial charge >= 0.3 is 5.97 Å². The summed E-state index contributed by atoms with van der Waals surface area (Å²) in [5, 5.41) is 8.91. The van der Waals surface area contributed by atoms with Crippen molar-refractivity contribution < 1.29 is 23.1 Å². The average molecular weight is 342 g/mol. The molecule has 0 aliphatic heterocycles. The van der Waals surface area contributed by atoms with Crippen molar-refractivity contribution in [1.29, 1.82) is 0 Å². The molecular weight excluding hydrogens is 320 g/mol. The summed E-state index contributed by atoms with van der Waals surface area (Å²) in [6.07, 6.45) is 0.480. The first-order valence-corrected chi connectivity index (χ1v) is 8.95. The van der Waals surface area contributed by atoms with E-state index in [2.05, 4.69) is 4.72 Å². The van der Waals surface area contributed by atoms with Crippen molar-refractivity contribution in [1.82, 2.24) is 4.90 Å². The van der Waals surface area contributed by atoms with E-state index >= 15 is 0 Å². The zero-order valence-electron chi connectivity index (χ0n) is 13.4. The number of benzene rings is 1. The summed E-state index contributed by atoms with van der Waals surface area (Å²) in [6.45, 7) is 4.77. The molecule has 0 unspecified atom stereocenters. The molecule has 0 bridgehead atoms. The molecule has 1 rings (SSSR count). The largest absolute Gasteiger partial charge is 0.480 e. The Morgan fingerprint density at radius 3 is 2.48 bits per heavy atom. The number of aliphatic carboxylic acids is 1. The Bertz CT molecular complexity index is 670. The number of anilines is 1. The van der Waals surface area contributed by atoms with Crippen molar-refractivity contribution in [2.24, 2.45) is 0 Å². The van der Waals surface area contributed by atoms with Gasteiger partial charge in [-0.3, -0.25) is 14.3 Å². The second-order valence-electron chi connectivity index (χ2n) is 5.42. The van der Waals surface area contributed by atoms with Gasteiger partial charge in [-0.2, -0.15) is 0 Å². The average Bonchev–Trinajstić information content (AvgIpc) is 2.43. The van der Waals surface area contributed by atoms with Crippen LogP contribution in [0.2, 0.25) is 0 Å². The summed E-state index contributed by atoms with van der Waals surface area (Å²) >= 11 is 0. The lowest BCUT2D eigenvalue weighted by Crippen LogP contribution is -2.40. The van der Waals surface area contributed by atoms with Crippen LogP contribution in [-0.2, 0) is 14.8 Å². The summed E-state index contributed by atoms with van der Waals surface area (Å²) in [5.41, 5.74) is 0.514. The SMILES string of the molecule is CCCS(=O)(=O)Nc1cccc(C(=O)N(CC(=O)O)C(C)C)c1. The van der Waals surface area contributed by atoms with E-state index in [1.165, 1.54) is 17.0 Å². The third kappa shape index (κ3) is 5.90. The number of sulfonamides is 1. The maximum atomic E-state index is 12.5. The molecule has 0 spiro atoms. The van der Waals surface area contributed by atoms with Crippen LogP contribution in [0.5, 0.6) is 0 Å². The molecule has 0 saturated carbocycles. The predicted octanol–water partition coefficient (Wildman–Crippen LogP) is 1.77. The minimum atomic E-state index is -3.45. The van der Waals surface area contributed by atoms with E-state index in [-0.39, 0.29) is 23.0 Å². The number of nitrogens with one attached hydrogen (secondary N) is 1. The number of nitrogens with zero attached hydrogens (tertiary/aromatic N) is 1. The molecule has 0 fully saturated rings.